The van der Waals surface area contributed by atoms with Crippen LogP contribution in [0.5, 0.6) is 0 Å². The molecule has 2 saturated heterocycles. The molecule has 18 heavy (non-hydrogen) atoms. The highest BCUT2D eigenvalue weighted by Crippen LogP contribution is 2.34. The summed E-state index contributed by atoms with van der Waals surface area (Å²) < 4.78 is 5.59. The van der Waals surface area contributed by atoms with Crippen molar-refractivity contribution >= 4 is 11.8 Å². The topological polar surface area (TPSA) is 49.9 Å². The Kier molecular flexibility index (Phi) is 2.81. The summed E-state index contributed by atoms with van der Waals surface area (Å²) in [6.07, 6.45) is 2.06. The zero-order valence-corrected chi connectivity index (χ0v) is 11.0. The summed E-state index contributed by atoms with van der Waals surface area (Å²) in [7, 11) is 0. The van der Waals surface area contributed by atoms with Gasteiger partial charge in [-0.05, 0) is 26.7 Å². The summed E-state index contributed by atoms with van der Waals surface area (Å²) in [4.78, 5) is 27.8. The SMILES string of the molecule is CC(C)N1C(=O)CO[C@H]2CN(C(=O)C3CC3)C[C@H]21. The smallest absolute Gasteiger partial charge is 0.249 e. The summed E-state index contributed by atoms with van der Waals surface area (Å²) >= 11 is 0. The third-order valence-corrected chi connectivity index (χ3v) is 4.10. The maximum atomic E-state index is 12.1. The lowest BCUT2D eigenvalue weighted by molar-refractivity contribution is -0.155. The van der Waals surface area contributed by atoms with Crippen LogP contribution in [0.2, 0.25) is 0 Å². The molecule has 3 aliphatic rings. The molecule has 1 saturated carbocycles. The standard InChI is InChI=1S/C13H20N2O3/c1-8(2)15-10-5-14(13(17)9-3-4-9)6-11(10)18-7-12(15)16/h8-11H,3-7H2,1-2H3/t10-,11+/m1/s1. The lowest BCUT2D eigenvalue weighted by atomic mass is 10.1. The van der Waals surface area contributed by atoms with Gasteiger partial charge in [-0.2, -0.15) is 0 Å². The van der Waals surface area contributed by atoms with Gasteiger partial charge in [0.1, 0.15) is 6.61 Å². The molecule has 0 aromatic heterocycles. The van der Waals surface area contributed by atoms with Crippen molar-refractivity contribution in [3.8, 4) is 0 Å². The zero-order chi connectivity index (χ0) is 12.9. The van der Waals surface area contributed by atoms with Crippen LogP contribution >= 0.6 is 0 Å². The van der Waals surface area contributed by atoms with E-state index < -0.39 is 0 Å². The average molecular weight is 252 g/mol. The van der Waals surface area contributed by atoms with E-state index in [4.69, 9.17) is 4.74 Å². The monoisotopic (exact) mass is 252 g/mol. The number of rotatable bonds is 2. The van der Waals surface area contributed by atoms with Crippen molar-refractivity contribution in [2.24, 2.45) is 5.92 Å². The second kappa shape index (κ2) is 4.23. The number of ether oxygens (including phenoxy) is 1. The van der Waals surface area contributed by atoms with Crippen LogP contribution in [0.25, 0.3) is 0 Å². The first-order valence-corrected chi connectivity index (χ1v) is 6.79. The number of amides is 2. The predicted octanol–water partition coefficient (Wildman–Crippen LogP) is 0.243. The van der Waals surface area contributed by atoms with E-state index in [2.05, 4.69) is 0 Å². The largest absolute Gasteiger partial charge is 0.364 e. The van der Waals surface area contributed by atoms with E-state index in [0.717, 1.165) is 12.8 Å². The molecule has 5 heteroatoms. The number of carbonyl (C=O) groups is 2. The van der Waals surface area contributed by atoms with Crippen LogP contribution in [-0.2, 0) is 14.3 Å². The highest BCUT2D eigenvalue weighted by Gasteiger charge is 2.47. The van der Waals surface area contributed by atoms with Crippen molar-refractivity contribution in [1.82, 2.24) is 9.80 Å². The Morgan fingerprint density at radius 3 is 2.67 bits per heavy atom. The van der Waals surface area contributed by atoms with Crippen LogP contribution in [0.15, 0.2) is 0 Å². The lowest BCUT2D eigenvalue weighted by Crippen LogP contribution is -2.56. The molecule has 2 heterocycles. The van der Waals surface area contributed by atoms with Crippen molar-refractivity contribution in [1.29, 1.82) is 0 Å². The molecule has 1 aliphatic carbocycles. The van der Waals surface area contributed by atoms with E-state index in [1.54, 1.807) is 0 Å². The van der Waals surface area contributed by atoms with Crippen LogP contribution in [0, 0.1) is 5.92 Å². The zero-order valence-electron chi connectivity index (χ0n) is 11.0. The number of carbonyl (C=O) groups excluding carboxylic acids is 2. The minimum Gasteiger partial charge on any atom is -0.364 e. The molecule has 0 unspecified atom stereocenters. The summed E-state index contributed by atoms with van der Waals surface area (Å²) in [5, 5.41) is 0. The van der Waals surface area contributed by atoms with E-state index in [1.807, 2.05) is 23.6 Å². The highest BCUT2D eigenvalue weighted by atomic mass is 16.5. The van der Waals surface area contributed by atoms with Crippen LogP contribution in [0.1, 0.15) is 26.7 Å². The number of nitrogens with zero attached hydrogens (tertiary/aromatic N) is 2. The first kappa shape index (κ1) is 12.0. The Morgan fingerprint density at radius 1 is 1.33 bits per heavy atom. The molecule has 2 atom stereocenters. The molecular weight excluding hydrogens is 232 g/mol. The highest BCUT2D eigenvalue weighted by molar-refractivity contribution is 5.82. The van der Waals surface area contributed by atoms with E-state index in [1.165, 1.54) is 0 Å². The summed E-state index contributed by atoms with van der Waals surface area (Å²) in [6.45, 7) is 5.49. The minimum absolute atomic E-state index is 0.00722. The molecule has 0 aromatic carbocycles. The van der Waals surface area contributed by atoms with Gasteiger partial charge in [-0.25, -0.2) is 0 Å². The fraction of sp³-hybridized carbons (Fsp3) is 0.846. The normalized spacial score (nSPS) is 32.1. The molecule has 0 bridgehead atoms. The van der Waals surface area contributed by atoms with Gasteiger partial charge < -0.3 is 14.5 Å². The molecule has 0 radical (unpaired) electrons. The molecule has 3 rings (SSSR count). The van der Waals surface area contributed by atoms with Gasteiger partial charge in [-0.15, -0.1) is 0 Å². The Bertz CT molecular complexity index is 378. The third kappa shape index (κ3) is 1.90. The van der Waals surface area contributed by atoms with Crippen molar-refractivity contribution in [3.63, 3.8) is 0 Å². The Morgan fingerprint density at radius 2 is 2.06 bits per heavy atom. The maximum Gasteiger partial charge on any atom is 0.249 e. The van der Waals surface area contributed by atoms with E-state index in [-0.39, 0.29) is 42.5 Å². The molecule has 0 aromatic rings. The van der Waals surface area contributed by atoms with E-state index in [9.17, 15) is 9.59 Å². The van der Waals surface area contributed by atoms with Crippen LogP contribution in [0.3, 0.4) is 0 Å². The second-order valence-corrected chi connectivity index (χ2v) is 5.83. The maximum absolute atomic E-state index is 12.1. The Labute approximate surface area is 107 Å². The van der Waals surface area contributed by atoms with Crippen molar-refractivity contribution in [2.75, 3.05) is 19.7 Å². The summed E-state index contributed by atoms with van der Waals surface area (Å²) in [6, 6.07) is 0.221. The number of fused-ring (bicyclic) bond motifs is 1. The molecule has 100 valence electrons. The first-order valence-electron chi connectivity index (χ1n) is 6.79. The van der Waals surface area contributed by atoms with Crippen molar-refractivity contribution in [3.05, 3.63) is 0 Å². The van der Waals surface area contributed by atoms with Gasteiger partial charge in [-0.3, -0.25) is 9.59 Å². The Balaban J connectivity index is 1.74. The molecule has 0 spiro atoms. The summed E-state index contributed by atoms with van der Waals surface area (Å²) in [5.74, 6) is 0.546. The van der Waals surface area contributed by atoms with Gasteiger partial charge in [0, 0.05) is 25.0 Å². The van der Waals surface area contributed by atoms with Gasteiger partial charge in [0.15, 0.2) is 0 Å². The number of morpholine rings is 1. The molecule has 3 fully saturated rings. The molecular formula is C13H20N2O3. The minimum atomic E-state index is 0.00722. The fourth-order valence-electron chi connectivity index (χ4n) is 3.06. The molecule has 0 N–H and O–H groups in total. The fourth-order valence-corrected chi connectivity index (χ4v) is 3.06. The van der Waals surface area contributed by atoms with Gasteiger partial charge in [0.2, 0.25) is 11.8 Å². The van der Waals surface area contributed by atoms with Gasteiger partial charge >= 0.3 is 0 Å². The van der Waals surface area contributed by atoms with Gasteiger partial charge in [0.25, 0.3) is 0 Å². The van der Waals surface area contributed by atoms with E-state index in [0.29, 0.717) is 13.1 Å². The number of likely N-dealkylation sites (tertiary alicyclic amines) is 1. The number of hydrogen-bond donors (Lipinski definition) is 0. The third-order valence-electron chi connectivity index (χ3n) is 4.10. The van der Waals surface area contributed by atoms with Crippen LogP contribution in [0.4, 0.5) is 0 Å². The van der Waals surface area contributed by atoms with Crippen LogP contribution in [-0.4, -0.2) is 59.5 Å². The molecule has 2 aliphatic heterocycles. The molecule has 5 nitrogen and oxygen atoms in total. The van der Waals surface area contributed by atoms with Crippen molar-refractivity contribution < 1.29 is 14.3 Å². The van der Waals surface area contributed by atoms with Crippen molar-refractivity contribution in [2.45, 2.75) is 44.9 Å². The Hall–Kier alpha value is -1.10. The van der Waals surface area contributed by atoms with E-state index >= 15 is 0 Å². The second-order valence-electron chi connectivity index (χ2n) is 5.83. The van der Waals surface area contributed by atoms with Crippen LogP contribution < -0.4 is 0 Å². The first-order chi connectivity index (χ1) is 8.58. The lowest BCUT2D eigenvalue weighted by Gasteiger charge is -2.39. The number of hydrogen-bond acceptors (Lipinski definition) is 3. The van der Waals surface area contributed by atoms with Gasteiger partial charge in [0.05, 0.1) is 12.1 Å². The summed E-state index contributed by atoms with van der Waals surface area (Å²) in [5.41, 5.74) is 0. The van der Waals surface area contributed by atoms with Gasteiger partial charge in [-0.1, -0.05) is 0 Å². The predicted molar refractivity (Wildman–Crippen MR) is 64.8 cm³/mol. The quantitative estimate of drug-likeness (QED) is 0.707. The average Bonchev–Trinajstić information content (AvgIpc) is 3.07. The molecule has 2 amide bonds.